The highest BCUT2D eigenvalue weighted by Gasteiger charge is 2.23. The number of nitrogens with zero attached hydrogens (tertiary/aromatic N) is 1. The first-order valence-corrected chi connectivity index (χ1v) is 9.12. The van der Waals surface area contributed by atoms with Crippen LogP contribution in [-0.4, -0.2) is 40.6 Å². The van der Waals surface area contributed by atoms with E-state index in [0.29, 0.717) is 17.1 Å². The van der Waals surface area contributed by atoms with Gasteiger partial charge in [-0.3, -0.25) is 4.21 Å². The summed E-state index contributed by atoms with van der Waals surface area (Å²) in [6, 6.07) is 11.5. The van der Waals surface area contributed by atoms with Gasteiger partial charge in [0.25, 0.3) is 0 Å². The van der Waals surface area contributed by atoms with Gasteiger partial charge in [0, 0.05) is 17.2 Å². The molecule has 3 rings (SSSR count). The number of benzene rings is 2. The van der Waals surface area contributed by atoms with Crippen LogP contribution in [0.4, 0.5) is 4.39 Å². The van der Waals surface area contributed by atoms with Crippen LogP contribution in [0.2, 0.25) is 0 Å². The van der Waals surface area contributed by atoms with Crippen molar-refractivity contribution in [2.75, 3.05) is 26.4 Å². The smallest absolute Gasteiger partial charge is 0.124 e. The SMILES string of the molecule is CN(C)CC1=C(c2cccc(O)c2)c2ccc(F)cc2S(=O)CC1.Cl. The normalized spacial score (nSPS) is 17.0. The van der Waals surface area contributed by atoms with Gasteiger partial charge in [0.1, 0.15) is 11.6 Å². The molecule has 6 heteroatoms. The minimum atomic E-state index is -1.24. The van der Waals surface area contributed by atoms with Crippen LogP contribution in [-0.2, 0) is 10.8 Å². The lowest BCUT2D eigenvalue weighted by Crippen LogP contribution is -2.17. The molecule has 1 unspecified atom stereocenters. The third-order valence-corrected chi connectivity index (χ3v) is 5.45. The molecule has 0 saturated heterocycles. The van der Waals surface area contributed by atoms with Gasteiger partial charge in [-0.2, -0.15) is 0 Å². The van der Waals surface area contributed by atoms with E-state index < -0.39 is 10.8 Å². The Kier molecular flexibility index (Phi) is 6.38. The molecule has 0 aliphatic carbocycles. The molecule has 25 heavy (non-hydrogen) atoms. The predicted molar refractivity (Wildman–Crippen MR) is 102 cm³/mol. The quantitative estimate of drug-likeness (QED) is 0.878. The van der Waals surface area contributed by atoms with Gasteiger partial charge in [0.2, 0.25) is 0 Å². The van der Waals surface area contributed by atoms with Gasteiger partial charge in [0.15, 0.2) is 0 Å². The van der Waals surface area contributed by atoms with Crippen molar-refractivity contribution < 1.29 is 13.7 Å². The number of phenols is 1. The third kappa shape index (κ3) is 4.29. The summed E-state index contributed by atoms with van der Waals surface area (Å²) < 4.78 is 26.3. The topological polar surface area (TPSA) is 40.5 Å². The molecule has 0 aromatic heterocycles. The van der Waals surface area contributed by atoms with E-state index in [1.807, 2.05) is 20.2 Å². The first kappa shape index (κ1) is 19.6. The number of phenolic OH excluding ortho intramolecular Hbond substituents is 1. The van der Waals surface area contributed by atoms with Crippen molar-refractivity contribution in [2.24, 2.45) is 0 Å². The molecule has 2 aromatic rings. The minimum absolute atomic E-state index is 0. The second-order valence-electron chi connectivity index (χ2n) is 6.21. The highest BCUT2D eigenvalue weighted by molar-refractivity contribution is 7.85. The summed E-state index contributed by atoms with van der Waals surface area (Å²) in [5.74, 6) is 0.272. The van der Waals surface area contributed by atoms with Crippen molar-refractivity contribution >= 4 is 28.8 Å². The number of halogens is 2. The Balaban J connectivity index is 0.00000225. The summed E-state index contributed by atoms with van der Waals surface area (Å²) >= 11 is 0. The first-order valence-electron chi connectivity index (χ1n) is 7.80. The molecular formula is C19H21ClFNO2S. The molecule has 1 aliphatic heterocycles. The minimum Gasteiger partial charge on any atom is -0.508 e. The molecule has 1 heterocycles. The van der Waals surface area contributed by atoms with Gasteiger partial charge < -0.3 is 10.0 Å². The second-order valence-corrected chi connectivity index (χ2v) is 7.75. The zero-order valence-electron chi connectivity index (χ0n) is 14.2. The lowest BCUT2D eigenvalue weighted by Gasteiger charge is -2.18. The van der Waals surface area contributed by atoms with E-state index in [1.165, 1.54) is 12.1 Å². The largest absolute Gasteiger partial charge is 0.508 e. The Morgan fingerprint density at radius 1 is 1.20 bits per heavy atom. The van der Waals surface area contributed by atoms with Crippen molar-refractivity contribution in [3.05, 3.63) is 65.0 Å². The van der Waals surface area contributed by atoms with Crippen LogP contribution in [0, 0.1) is 5.82 Å². The van der Waals surface area contributed by atoms with E-state index in [1.54, 1.807) is 24.3 Å². The maximum Gasteiger partial charge on any atom is 0.124 e. The van der Waals surface area contributed by atoms with E-state index in [-0.39, 0.29) is 24.0 Å². The van der Waals surface area contributed by atoms with Gasteiger partial charge in [-0.25, -0.2) is 4.39 Å². The summed E-state index contributed by atoms with van der Waals surface area (Å²) in [5.41, 5.74) is 3.73. The Morgan fingerprint density at radius 2 is 1.96 bits per heavy atom. The van der Waals surface area contributed by atoms with Crippen molar-refractivity contribution in [1.82, 2.24) is 4.90 Å². The van der Waals surface area contributed by atoms with E-state index in [0.717, 1.165) is 28.8 Å². The monoisotopic (exact) mass is 381 g/mol. The molecular weight excluding hydrogens is 361 g/mol. The molecule has 0 amide bonds. The fourth-order valence-corrected chi connectivity index (χ4v) is 4.40. The Labute approximate surface area is 156 Å². The summed E-state index contributed by atoms with van der Waals surface area (Å²) in [7, 11) is 2.73. The van der Waals surface area contributed by atoms with Crippen LogP contribution in [0.1, 0.15) is 17.5 Å². The summed E-state index contributed by atoms with van der Waals surface area (Å²) in [6.07, 6.45) is 0.673. The average Bonchev–Trinajstić information content (AvgIpc) is 2.65. The van der Waals surface area contributed by atoms with Gasteiger partial charge in [-0.15, -0.1) is 12.4 Å². The lowest BCUT2D eigenvalue weighted by molar-refractivity contribution is 0.441. The summed E-state index contributed by atoms with van der Waals surface area (Å²) in [6.45, 7) is 0.721. The molecule has 134 valence electrons. The number of fused-ring (bicyclic) bond motifs is 1. The van der Waals surface area contributed by atoms with Gasteiger partial charge in [0.05, 0.1) is 10.8 Å². The maximum atomic E-state index is 13.7. The first-order chi connectivity index (χ1) is 11.5. The number of aromatic hydroxyl groups is 1. The molecule has 0 spiro atoms. The van der Waals surface area contributed by atoms with Crippen molar-refractivity contribution in [2.45, 2.75) is 11.3 Å². The number of likely N-dealkylation sites (N-methyl/N-ethyl adjacent to an activating group) is 1. The third-order valence-electron chi connectivity index (χ3n) is 4.04. The van der Waals surface area contributed by atoms with Crippen molar-refractivity contribution in [3.63, 3.8) is 0 Å². The highest BCUT2D eigenvalue weighted by atomic mass is 35.5. The number of hydrogen-bond acceptors (Lipinski definition) is 3. The summed E-state index contributed by atoms with van der Waals surface area (Å²) in [5, 5.41) is 9.87. The standard InChI is InChI=1S/C19H20FNO2S.ClH/c1-21(2)12-14-8-9-24(23)18-11-15(20)6-7-17(18)19(14)13-4-3-5-16(22)10-13;/h3-7,10-11,22H,8-9,12H2,1-2H3;1H. The molecule has 1 aliphatic rings. The molecule has 0 saturated carbocycles. The van der Waals surface area contributed by atoms with Crippen LogP contribution >= 0.6 is 12.4 Å². The average molecular weight is 382 g/mol. The van der Waals surface area contributed by atoms with Gasteiger partial charge in [-0.05, 0) is 67.1 Å². The van der Waals surface area contributed by atoms with Crippen LogP contribution in [0.3, 0.4) is 0 Å². The van der Waals surface area contributed by atoms with Crippen LogP contribution in [0.5, 0.6) is 5.75 Å². The molecule has 0 fully saturated rings. The van der Waals surface area contributed by atoms with Crippen molar-refractivity contribution in [3.8, 4) is 5.75 Å². The van der Waals surface area contributed by atoms with Crippen molar-refractivity contribution in [1.29, 1.82) is 0 Å². The Bertz CT molecular complexity index is 836. The predicted octanol–water partition coefficient (Wildman–Crippen LogP) is 3.83. The van der Waals surface area contributed by atoms with E-state index in [9.17, 15) is 13.7 Å². The molecule has 3 nitrogen and oxygen atoms in total. The number of hydrogen-bond donors (Lipinski definition) is 1. The summed E-state index contributed by atoms with van der Waals surface area (Å²) in [4.78, 5) is 2.59. The molecule has 0 bridgehead atoms. The molecule has 0 radical (unpaired) electrons. The fraction of sp³-hybridized carbons (Fsp3) is 0.263. The Morgan fingerprint density at radius 3 is 2.64 bits per heavy atom. The van der Waals surface area contributed by atoms with E-state index in [2.05, 4.69) is 4.90 Å². The number of rotatable bonds is 3. The van der Waals surface area contributed by atoms with Crippen LogP contribution < -0.4 is 0 Å². The van der Waals surface area contributed by atoms with E-state index in [4.69, 9.17) is 0 Å². The molecule has 1 atom stereocenters. The zero-order valence-corrected chi connectivity index (χ0v) is 15.8. The Hall–Kier alpha value is -1.69. The van der Waals surface area contributed by atoms with Crippen LogP contribution in [0.15, 0.2) is 52.9 Å². The molecule has 1 N–H and O–H groups in total. The van der Waals surface area contributed by atoms with E-state index >= 15 is 0 Å². The van der Waals surface area contributed by atoms with Gasteiger partial charge >= 0.3 is 0 Å². The molecule has 2 aromatic carbocycles. The second kappa shape index (κ2) is 8.13. The fourth-order valence-electron chi connectivity index (χ4n) is 3.09. The van der Waals surface area contributed by atoms with Crippen LogP contribution in [0.25, 0.3) is 5.57 Å². The maximum absolute atomic E-state index is 13.7. The van der Waals surface area contributed by atoms with Gasteiger partial charge in [-0.1, -0.05) is 18.2 Å². The zero-order chi connectivity index (χ0) is 17.3. The lowest BCUT2D eigenvalue weighted by atomic mass is 9.91. The highest BCUT2D eigenvalue weighted by Crippen LogP contribution is 2.36.